The second-order valence-corrected chi connectivity index (χ2v) is 6.76. The van der Waals surface area contributed by atoms with Crippen LogP contribution in [-0.4, -0.2) is 27.6 Å². The second kappa shape index (κ2) is 7.78. The molecule has 160 valence electrons. The van der Waals surface area contributed by atoms with E-state index in [9.17, 15) is 18.0 Å². The van der Waals surface area contributed by atoms with E-state index >= 15 is 0 Å². The minimum Gasteiger partial charge on any atom is -0.496 e. The van der Waals surface area contributed by atoms with Crippen molar-refractivity contribution in [1.29, 1.82) is 0 Å². The van der Waals surface area contributed by atoms with Crippen molar-refractivity contribution in [1.82, 2.24) is 14.6 Å². The number of fused-ring (bicyclic) bond motifs is 1. The van der Waals surface area contributed by atoms with Gasteiger partial charge in [-0.3, -0.25) is 4.79 Å². The van der Waals surface area contributed by atoms with Crippen LogP contribution in [0.2, 0.25) is 0 Å². The Balaban J connectivity index is 1.55. The molecule has 1 N–H and O–H groups in total. The molecule has 1 amide bonds. The first kappa shape index (κ1) is 20.5. The first-order valence-corrected chi connectivity index (χ1v) is 9.21. The predicted molar refractivity (Wildman–Crippen MR) is 106 cm³/mol. The molecule has 10 heteroatoms. The summed E-state index contributed by atoms with van der Waals surface area (Å²) in [5.74, 6) is 0.753. The fourth-order valence-corrected chi connectivity index (χ4v) is 3.20. The molecular formula is C21H17F3N4O3. The lowest BCUT2D eigenvalue weighted by Crippen LogP contribution is -2.18. The number of benzene rings is 2. The van der Waals surface area contributed by atoms with Gasteiger partial charge in [0.2, 0.25) is 17.5 Å². The molecular weight excluding hydrogens is 413 g/mol. The van der Waals surface area contributed by atoms with Crippen LogP contribution in [0.15, 0.2) is 53.1 Å². The van der Waals surface area contributed by atoms with Crippen molar-refractivity contribution in [2.24, 2.45) is 0 Å². The minimum atomic E-state index is -4.53. The molecule has 0 aliphatic heterocycles. The molecule has 0 fully saturated rings. The number of carbonyl (C=O) groups is 1. The Labute approximate surface area is 174 Å². The monoisotopic (exact) mass is 430 g/mol. The van der Waals surface area contributed by atoms with Gasteiger partial charge in [0.05, 0.1) is 30.9 Å². The van der Waals surface area contributed by atoms with Gasteiger partial charge in [-0.1, -0.05) is 18.2 Å². The lowest BCUT2D eigenvalue weighted by molar-refractivity contribution is -0.138. The number of halogens is 3. The third kappa shape index (κ3) is 4.09. The van der Waals surface area contributed by atoms with Gasteiger partial charge in [-0.25, -0.2) is 4.98 Å². The highest BCUT2D eigenvalue weighted by Gasteiger charge is 2.33. The van der Waals surface area contributed by atoms with Crippen molar-refractivity contribution >= 4 is 17.3 Å². The highest BCUT2D eigenvalue weighted by Crippen LogP contribution is 2.34. The Kier molecular flexibility index (Phi) is 5.14. The van der Waals surface area contributed by atoms with Crippen LogP contribution in [0.25, 0.3) is 17.2 Å². The number of nitrogens with zero attached hydrogens (tertiary/aromatic N) is 3. The minimum absolute atomic E-state index is 0.101. The molecule has 0 atom stereocenters. The van der Waals surface area contributed by atoms with Crippen molar-refractivity contribution < 1.29 is 27.1 Å². The summed E-state index contributed by atoms with van der Waals surface area (Å²) >= 11 is 0. The van der Waals surface area contributed by atoms with Crippen molar-refractivity contribution in [3.8, 4) is 17.2 Å². The summed E-state index contributed by atoms with van der Waals surface area (Å²) in [5, 5.41) is 6.94. The summed E-state index contributed by atoms with van der Waals surface area (Å²) in [5.41, 5.74) is 0.450. The maximum Gasteiger partial charge on any atom is 0.416 e. The smallest absolute Gasteiger partial charge is 0.416 e. The molecule has 2 aromatic carbocycles. The first-order valence-electron chi connectivity index (χ1n) is 9.21. The molecule has 0 saturated carbocycles. The third-order valence-corrected chi connectivity index (χ3v) is 4.66. The Bertz CT molecular complexity index is 1260. The lowest BCUT2D eigenvalue weighted by atomic mass is 10.0. The molecule has 7 nitrogen and oxygen atoms in total. The highest BCUT2D eigenvalue weighted by atomic mass is 19.4. The van der Waals surface area contributed by atoms with Gasteiger partial charge in [0.1, 0.15) is 11.6 Å². The first-order chi connectivity index (χ1) is 14.8. The summed E-state index contributed by atoms with van der Waals surface area (Å²) in [6, 6.07) is 9.78. The molecule has 4 rings (SSSR count). The van der Waals surface area contributed by atoms with Gasteiger partial charge >= 0.3 is 6.18 Å². The molecule has 4 aromatic rings. The van der Waals surface area contributed by atoms with E-state index in [0.717, 1.165) is 6.07 Å². The SMILES string of the molecule is COc1cc(NC(=O)Cc2ccccc2C(F)(F)F)ccc1-c1nn2c(C)ncc2o1. The van der Waals surface area contributed by atoms with Gasteiger partial charge in [-0.2, -0.15) is 17.7 Å². The Hall–Kier alpha value is -3.82. The summed E-state index contributed by atoms with van der Waals surface area (Å²) in [6.07, 6.45) is -3.40. The molecule has 0 saturated heterocycles. The second-order valence-electron chi connectivity index (χ2n) is 6.76. The molecule has 0 aliphatic rings. The zero-order valence-corrected chi connectivity index (χ0v) is 16.5. The van der Waals surface area contributed by atoms with Crippen molar-refractivity contribution in [3.63, 3.8) is 0 Å². The Morgan fingerprint density at radius 2 is 2.00 bits per heavy atom. The fraction of sp³-hybridized carbons (Fsp3) is 0.190. The third-order valence-electron chi connectivity index (χ3n) is 4.66. The topological polar surface area (TPSA) is 81.7 Å². The van der Waals surface area contributed by atoms with Crippen LogP contribution in [-0.2, 0) is 17.4 Å². The number of aryl methyl sites for hydroxylation is 1. The number of aromatic nitrogens is 3. The zero-order chi connectivity index (χ0) is 22.2. The maximum absolute atomic E-state index is 13.1. The molecule has 2 heterocycles. The molecule has 0 bridgehead atoms. The number of anilines is 1. The van der Waals surface area contributed by atoms with E-state index < -0.39 is 24.1 Å². The standard InChI is InChI=1S/C21H17F3N4O3/c1-12-25-11-19-28(12)27-20(31-19)15-8-7-14(10-17(15)30-2)26-18(29)9-13-5-3-4-6-16(13)21(22,23)24/h3-8,10-11H,9H2,1-2H3,(H,26,29). The largest absolute Gasteiger partial charge is 0.496 e. The van der Waals surface area contributed by atoms with Crippen molar-refractivity contribution in [2.45, 2.75) is 19.5 Å². The van der Waals surface area contributed by atoms with E-state index in [1.165, 1.54) is 25.3 Å². The van der Waals surface area contributed by atoms with E-state index in [1.807, 2.05) is 0 Å². The summed E-state index contributed by atoms with van der Waals surface area (Å²) in [7, 11) is 1.45. The number of hydrogen-bond donors (Lipinski definition) is 1. The predicted octanol–water partition coefficient (Wildman–Crippen LogP) is 4.51. The van der Waals surface area contributed by atoms with E-state index in [1.54, 1.807) is 35.8 Å². The number of rotatable bonds is 5. The highest BCUT2D eigenvalue weighted by molar-refractivity contribution is 5.93. The van der Waals surface area contributed by atoms with E-state index in [4.69, 9.17) is 9.15 Å². The van der Waals surface area contributed by atoms with Gasteiger partial charge in [0.25, 0.3) is 0 Å². The van der Waals surface area contributed by atoms with Gasteiger partial charge < -0.3 is 14.5 Å². The number of carbonyl (C=O) groups excluding carboxylic acids is 1. The Morgan fingerprint density at radius 1 is 1.23 bits per heavy atom. The number of alkyl halides is 3. The van der Waals surface area contributed by atoms with Crippen LogP contribution in [0.3, 0.4) is 0 Å². The van der Waals surface area contributed by atoms with Gasteiger partial charge in [-0.15, -0.1) is 5.10 Å². The zero-order valence-electron chi connectivity index (χ0n) is 16.5. The average Bonchev–Trinajstić information content (AvgIpc) is 3.29. The van der Waals surface area contributed by atoms with E-state index in [2.05, 4.69) is 15.4 Å². The molecule has 0 unspecified atom stereocenters. The normalized spacial score (nSPS) is 11.6. The number of imidazole rings is 1. The molecule has 0 spiro atoms. The maximum atomic E-state index is 13.1. The molecule has 0 aliphatic carbocycles. The molecule has 2 aromatic heterocycles. The number of ether oxygens (including phenoxy) is 1. The summed E-state index contributed by atoms with van der Waals surface area (Å²) in [6.45, 7) is 1.78. The molecule has 31 heavy (non-hydrogen) atoms. The van der Waals surface area contributed by atoms with Crippen LogP contribution in [0.5, 0.6) is 5.75 Å². The summed E-state index contributed by atoms with van der Waals surface area (Å²) < 4.78 is 52.0. The number of hydrogen-bond acceptors (Lipinski definition) is 5. The van der Waals surface area contributed by atoms with Crippen LogP contribution in [0, 0.1) is 6.92 Å². The Morgan fingerprint density at radius 3 is 2.71 bits per heavy atom. The van der Waals surface area contributed by atoms with Crippen LogP contribution < -0.4 is 10.1 Å². The quantitative estimate of drug-likeness (QED) is 0.504. The van der Waals surface area contributed by atoms with Crippen LogP contribution >= 0.6 is 0 Å². The van der Waals surface area contributed by atoms with Gasteiger partial charge in [-0.05, 0) is 30.7 Å². The van der Waals surface area contributed by atoms with Gasteiger partial charge in [0.15, 0.2) is 0 Å². The van der Waals surface area contributed by atoms with Gasteiger partial charge in [0, 0.05) is 11.8 Å². The van der Waals surface area contributed by atoms with Crippen LogP contribution in [0.1, 0.15) is 17.0 Å². The van der Waals surface area contributed by atoms with Crippen molar-refractivity contribution in [3.05, 3.63) is 65.6 Å². The van der Waals surface area contributed by atoms with Crippen LogP contribution in [0.4, 0.5) is 18.9 Å². The molecule has 0 radical (unpaired) electrons. The average molecular weight is 430 g/mol. The number of methoxy groups -OCH3 is 1. The van der Waals surface area contributed by atoms with E-state index in [0.29, 0.717) is 34.4 Å². The lowest BCUT2D eigenvalue weighted by Gasteiger charge is -2.13. The summed E-state index contributed by atoms with van der Waals surface area (Å²) in [4.78, 5) is 16.5. The van der Waals surface area contributed by atoms with Crippen molar-refractivity contribution in [2.75, 3.05) is 12.4 Å². The number of nitrogens with one attached hydrogen (secondary N) is 1. The fourth-order valence-electron chi connectivity index (χ4n) is 3.20. The van der Waals surface area contributed by atoms with E-state index in [-0.39, 0.29) is 5.56 Å². The number of amides is 1.